The van der Waals surface area contributed by atoms with Gasteiger partial charge in [-0.05, 0) is 48.9 Å². The van der Waals surface area contributed by atoms with Gasteiger partial charge in [0.15, 0.2) is 6.10 Å². The van der Waals surface area contributed by atoms with Gasteiger partial charge in [-0.2, -0.15) is 5.10 Å². The molecule has 2 aromatic carbocycles. The number of hydrogen-bond acceptors (Lipinski definition) is 3. The Morgan fingerprint density at radius 1 is 1.22 bits per heavy atom. The highest BCUT2D eigenvalue weighted by molar-refractivity contribution is 9.10. The summed E-state index contributed by atoms with van der Waals surface area (Å²) in [7, 11) is 0. The number of nitrogens with one attached hydrogen (secondary N) is 1. The van der Waals surface area contributed by atoms with Crippen molar-refractivity contribution in [1.29, 1.82) is 0 Å². The second-order valence-electron chi connectivity index (χ2n) is 5.81. The lowest BCUT2D eigenvalue weighted by Gasteiger charge is -2.16. The van der Waals surface area contributed by atoms with Crippen LogP contribution in [-0.2, 0) is 11.3 Å². The van der Waals surface area contributed by atoms with E-state index >= 15 is 0 Å². The summed E-state index contributed by atoms with van der Waals surface area (Å²) in [5.74, 6) is 0.890. The average molecular weight is 469 g/mol. The van der Waals surface area contributed by atoms with Gasteiger partial charge in [-0.3, -0.25) is 4.79 Å². The van der Waals surface area contributed by atoms with Gasteiger partial charge in [0.25, 0.3) is 5.91 Å². The molecule has 140 valence electrons. The third-order valence-electron chi connectivity index (χ3n) is 3.80. The minimum atomic E-state index is -0.673. The molecule has 0 saturated carbocycles. The maximum Gasteiger partial charge on any atom is 0.266 e. The number of nitrogens with zero attached hydrogens (tertiary/aromatic N) is 2. The van der Waals surface area contributed by atoms with E-state index in [1.807, 2.05) is 18.2 Å². The Kier molecular flexibility index (Phi) is 6.42. The number of halogens is 3. The van der Waals surface area contributed by atoms with Crippen molar-refractivity contribution in [2.45, 2.75) is 19.6 Å². The van der Waals surface area contributed by atoms with E-state index in [4.69, 9.17) is 27.9 Å². The molecule has 0 aliphatic rings. The van der Waals surface area contributed by atoms with Crippen LogP contribution in [0.2, 0.25) is 10.0 Å². The summed E-state index contributed by atoms with van der Waals surface area (Å²) in [5, 5.41) is 8.19. The second kappa shape index (κ2) is 8.78. The van der Waals surface area contributed by atoms with Crippen molar-refractivity contribution in [2.75, 3.05) is 5.32 Å². The molecule has 1 heterocycles. The van der Waals surface area contributed by atoms with Crippen LogP contribution in [0.4, 0.5) is 5.82 Å². The normalized spacial score (nSPS) is 11.9. The first-order valence-corrected chi connectivity index (χ1v) is 9.66. The Hall–Kier alpha value is -2.02. The quantitative estimate of drug-likeness (QED) is 0.526. The van der Waals surface area contributed by atoms with Crippen molar-refractivity contribution in [1.82, 2.24) is 9.78 Å². The predicted octanol–water partition coefficient (Wildman–Crippen LogP) is 5.41. The fourth-order valence-corrected chi connectivity index (χ4v) is 3.11. The number of aromatic nitrogens is 2. The molecule has 8 heteroatoms. The van der Waals surface area contributed by atoms with Gasteiger partial charge >= 0.3 is 0 Å². The number of rotatable bonds is 6. The molecule has 1 atom stereocenters. The van der Waals surface area contributed by atoms with Gasteiger partial charge in [-0.1, -0.05) is 45.2 Å². The molecule has 1 unspecified atom stereocenters. The van der Waals surface area contributed by atoms with Gasteiger partial charge in [0.2, 0.25) is 0 Å². The molecule has 0 radical (unpaired) electrons. The fourth-order valence-electron chi connectivity index (χ4n) is 2.37. The van der Waals surface area contributed by atoms with Crippen LogP contribution in [0.15, 0.2) is 59.2 Å². The Morgan fingerprint density at radius 3 is 2.67 bits per heavy atom. The Bertz CT molecular complexity index is 944. The molecule has 0 saturated heterocycles. The molecular weight excluding hydrogens is 453 g/mol. The van der Waals surface area contributed by atoms with E-state index in [9.17, 15) is 4.79 Å². The van der Waals surface area contributed by atoms with Crippen LogP contribution in [-0.4, -0.2) is 21.8 Å². The van der Waals surface area contributed by atoms with Crippen LogP contribution < -0.4 is 10.1 Å². The highest BCUT2D eigenvalue weighted by Gasteiger charge is 2.17. The fraction of sp³-hybridized carbons (Fsp3) is 0.158. The summed E-state index contributed by atoms with van der Waals surface area (Å²) in [6, 6.07) is 14.3. The highest BCUT2D eigenvalue weighted by atomic mass is 79.9. The van der Waals surface area contributed by atoms with E-state index in [1.165, 1.54) is 0 Å². The van der Waals surface area contributed by atoms with E-state index in [-0.39, 0.29) is 5.91 Å². The summed E-state index contributed by atoms with van der Waals surface area (Å²) < 4.78 is 8.27. The Morgan fingerprint density at radius 2 is 1.96 bits per heavy atom. The lowest BCUT2D eigenvalue weighted by Crippen LogP contribution is -2.31. The SMILES string of the molecule is CC(Oc1ccc(Br)cc1)C(=O)Nc1ccnn1Cc1ccc(Cl)cc1Cl. The topological polar surface area (TPSA) is 56.1 Å². The van der Waals surface area contributed by atoms with Crippen molar-refractivity contribution in [3.05, 3.63) is 74.8 Å². The lowest BCUT2D eigenvalue weighted by atomic mass is 10.2. The minimum absolute atomic E-state index is 0.276. The van der Waals surface area contributed by atoms with Crippen molar-refractivity contribution < 1.29 is 9.53 Å². The average Bonchev–Trinajstić information content (AvgIpc) is 3.06. The van der Waals surface area contributed by atoms with Gasteiger partial charge in [0.1, 0.15) is 11.6 Å². The van der Waals surface area contributed by atoms with Crippen LogP contribution in [0, 0.1) is 0 Å². The molecule has 1 aromatic heterocycles. The number of hydrogen-bond donors (Lipinski definition) is 1. The van der Waals surface area contributed by atoms with Gasteiger partial charge in [0, 0.05) is 20.6 Å². The smallest absolute Gasteiger partial charge is 0.266 e. The molecule has 0 bridgehead atoms. The molecule has 0 aliphatic heterocycles. The summed E-state index contributed by atoms with van der Waals surface area (Å²) in [5.41, 5.74) is 0.847. The zero-order valence-corrected chi connectivity index (χ0v) is 17.4. The highest BCUT2D eigenvalue weighted by Crippen LogP contribution is 2.23. The molecular formula is C19H16BrCl2N3O2. The second-order valence-corrected chi connectivity index (χ2v) is 7.57. The third kappa shape index (κ3) is 5.25. The Balaban J connectivity index is 1.66. The molecule has 0 spiro atoms. The first-order chi connectivity index (χ1) is 12.9. The molecule has 5 nitrogen and oxygen atoms in total. The standard InChI is InChI=1S/C19H16BrCl2N3O2/c1-12(27-16-6-3-14(20)4-7-16)19(26)24-18-8-9-23-25(18)11-13-2-5-15(21)10-17(13)22/h2-10,12H,11H2,1H3,(H,24,26). The van der Waals surface area contributed by atoms with Gasteiger partial charge in [-0.25, -0.2) is 4.68 Å². The van der Waals surface area contributed by atoms with Crippen LogP contribution in [0.5, 0.6) is 5.75 Å². The molecule has 3 rings (SSSR count). The van der Waals surface area contributed by atoms with Crippen molar-refractivity contribution in [3.8, 4) is 5.75 Å². The van der Waals surface area contributed by atoms with Crippen molar-refractivity contribution in [3.63, 3.8) is 0 Å². The zero-order chi connectivity index (χ0) is 19.4. The van der Waals surface area contributed by atoms with E-state index in [0.29, 0.717) is 28.2 Å². The van der Waals surface area contributed by atoms with Gasteiger partial charge in [-0.15, -0.1) is 0 Å². The first kappa shape index (κ1) is 19.7. The van der Waals surface area contributed by atoms with Gasteiger partial charge < -0.3 is 10.1 Å². The Labute approximate surface area is 175 Å². The van der Waals surface area contributed by atoms with Crippen molar-refractivity contribution in [2.24, 2.45) is 0 Å². The number of anilines is 1. The van der Waals surface area contributed by atoms with Crippen LogP contribution in [0.3, 0.4) is 0 Å². The first-order valence-electron chi connectivity index (χ1n) is 8.11. The van der Waals surface area contributed by atoms with E-state index in [1.54, 1.807) is 48.1 Å². The van der Waals surface area contributed by atoms with E-state index in [2.05, 4.69) is 26.3 Å². The molecule has 1 amide bonds. The molecule has 3 aromatic rings. The van der Waals surface area contributed by atoms with Crippen LogP contribution in [0.1, 0.15) is 12.5 Å². The largest absolute Gasteiger partial charge is 0.481 e. The molecule has 0 aliphatic carbocycles. The lowest BCUT2D eigenvalue weighted by molar-refractivity contribution is -0.122. The van der Waals surface area contributed by atoms with Crippen LogP contribution >= 0.6 is 39.1 Å². The molecule has 27 heavy (non-hydrogen) atoms. The van der Waals surface area contributed by atoms with E-state index in [0.717, 1.165) is 10.0 Å². The molecule has 0 fully saturated rings. The number of ether oxygens (including phenoxy) is 1. The van der Waals surface area contributed by atoms with Crippen molar-refractivity contribution >= 4 is 50.9 Å². The van der Waals surface area contributed by atoms with Crippen LogP contribution in [0.25, 0.3) is 0 Å². The summed E-state index contributed by atoms with van der Waals surface area (Å²) >= 11 is 15.5. The maximum absolute atomic E-state index is 12.5. The summed E-state index contributed by atoms with van der Waals surface area (Å²) in [6.07, 6.45) is 0.938. The monoisotopic (exact) mass is 467 g/mol. The summed E-state index contributed by atoms with van der Waals surface area (Å²) in [6.45, 7) is 2.09. The number of benzene rings is 2. The third-order valence-corrected chi connectivity index (χ3v) is 4.91. The number of carbonyl (C=O) groups excluding carboxylic acids is 1. The van der Waals surface area contributed by atoms with E-state index < -0.39 is 6.10 Å². The molecule has 1 N–H and O–H groups in total. The minimum Gasteiger partial charge on any atom is -0.481 e. The zero-order valence-electron chi connectivity index (χ0n) is 14.3. The number of amides is 1. The predicted molar refractivity (Wildman–Crippen MR) is 111 cm³/mol. The maximum atomic E-state index is 12.5. The number of carbonyl (C=O) groups is 1. The summed E-state index contributed by atoms with van der Waals surface area (Å²) in [4.78, 5) is 12.5. The van der Waals surface area contributed by atoms with Gasteiger partial charge in [0.05, 0.1) is 12.7 Å².